The molecule has 0 spiro atoms. The average Bonchev–Trinajstić information content (AvgIpc) is 2.47. The van der Waals surface area contributed by atoms with Crippen molar-refractivity contribution in [2.75, 3.05) is 12.3 Å². The molecule has 0 radical (unpaired) electrons. The van der Waals surface area contributed by atoms with E-state index in [1.165, 1.54) is 11.1 Å². The Labute approximate surface area is 118 Å². The molecule has 0 bridgehead atoms. The van der Waals surface area contributed by atoms with Crippen LogP contribution in [0.1, 0.15) is 22.5 Å². The molecule has 1 aliphatic heterocycles. The minimum atomic E-state index is 0.325. The van der Waals surface area contributed by atoms with Crippen LogP contribution in [0.5, 0.6) is 0 Å². The van der Waals surface area contributed by atoms with E-state index in [2.05, 4.69) is 39.1 Å². The summed E-state index contributed by atoms with van der Waals surface area (Å²) in [5.74, 6) is 0.325. The zero-order valence-corrected chi connectivity index (χ0v) is 11.4. The van der Waals surface area contributed by atoms with E-state index in [1.54, 1.807) is 0 Å². The molecule has 5 nitrogen and oxygen atoms in total. The molecule has 3 rings (SSSR count). The predicted molar refractivity (Wildman–Crippen MR) is 78.6 cm³/mol. The lowest BCUT2D eigenvalue weighted by molar-refractivity contribution is 0.240. The van der Waals surface area contributed by atoms with E-state index in [9.17, 15) is 0 Å². The van der Waals surface area contributed by atoms with Crippen molar-refractivity contribution in [3.63, 3.8) is 0 Å². The molecule has 4 N–H and O–H groups in total. The summed E-state index contributed by atoms with van der Waals surface area (Å²) in [6.07, 6.45) is 0.939. The molecule has 0 unspecified atom stereocenters. The van der Waals surface area contributed by atoms with Gasteiger partial charge in [-0.15, -0.1) is 0 Å². The van der Waals surface area contributed by atoms with Crippen molar-refractivity contribution in [1.82, 2.24) is 14.9 Å². The zero-order chi connectivity index (χ0) is 13.9. The predicted octanol–water partition coefficient (Wildman–Crippen LogP) is 1.08. The number of anilines is 1. The van der Waals surface area contributed by atoms with Gasteiger partial charge in [-0.1, -0.05) is 30.3 Å². The summed E-state index contributed by atoms with van der Waals surface area (Å²) < 4.78 is 0. The maximum absolute atomic E-state index is 5.76. The summed E-state index contributed by atoms with van der Waals surface area (Å²) in [5, 5.41) is 0. The van der Waals surface area contributed by atoms with Gasteiger partial charge in [-0.3, -0.25) is 4.90 Å². The Balaban J connectivity index is 1.80. The van der Waals surface area contributed by atoms with E-state index in [1.807, 2.05) is 6.07 Å². The number of nitrogens with two attached hydrogens (primary N) is 2. The van der Waals surface area contributed by atoms with Crippen LogP contribution in [-0.4, -0.2) is 21.4 Å². The van der Waals surface area contributed by atoms with Crippen LogP contribution >= 0.6 is 0 Å². The summed E-state index contributed by atoms with van der Waals surface area (Å²) in [4.78, 5) is 11.0. The van der Waals surface area contributed by atoms with Gasteiger partial charge in [-0.25, -0.2) is 9.97 Å². The Morgan fingerprint density at radius 3 is 2.70 bits per heavy atom. The first-order valence-corrected chi connectivity index (χ1v) is 6.86. The van der Waals surface area contributed by atoms with Gasteiger partial charge in [-0.05, 0) is 17.5 Å². The number of aromatic nitrogens is 2. The SMILES string of the molecule is NCc1nc(N)nc2c1CCN(Cc1ccccc1)C2. The second kappa shape index (κ2) is 5.56. The summed E-state index contributed by atoms with van der Waals surface area (Å²) in [6, 6.07) is 10.5. The highest BCUT2D eigenvalue weighted by Crippen LogP contribution is 2.22. The van der Waals surface area contributed by atoms with Gasteiger partial charge in [0.15, 0.2) is 0 Å². The van der Waals surface area contributed by atoms with Crippen LogP contribution < -0.4 is 11.5 Å². The molecule has 20 heavy (non-hydrogen) atoms. The minimum absolute atomic E-state index is 0.325. The molecule has 0 amide bonds. The lowest BCUT2D eigenvalue weighted by Gasteiger charge is -2.29. The Morgan fingerprint density at radius 1 is 1.15 bits per heavy atom. The first kappa shape index (κ1) is 13.0. The van der Waals surface area contributed by atoms with Gasteiger partial charge in [0.05, 0.1) is 11.4 Å². The smallest absolute Gasteiger partial charge is 0.220 e. The third-order valence-corrected chi connectivity index (χ3v) is 3.69. The molecule has 1 aliphatic rings. The molecule has 0 fully saturated rings. The van der Waals surface area contributed by atoms with Gasteiger partial charge in [0.25, 0.3) is 0 Å². The number of fused-ring (bicyclic) bond motifs is 1. The van der Waals surface area contributed by atoms with E-state index in [0.717, 1.165) is 37.4 Å². The van der Waals surface area contributed by atoms with Crippen molar-refractivity contribution in [2.24, 2.45) is 5.73 Å². The molecule has 0 saturated carbocycles. The molecule has 104 valence electrons. The van der Waals surface area contributed by atoms with Crippen LogP contribution in [0.4, 0.5) is 5.95 Å². The van der Waals surface area contributed by atoms with Gasteiger partial charge >= 0.3 is 0 Å². The van der Waals surface area contributed by atoms with Crippen molar-refractivity contribution in [2.45, 2.75) is 26.1 Å². The molecule has 0 atom stereocenters. The Hall–Kier alpha value is -1.98. The van der Waals surface area contributed by atoms with Crippen LogP contribution in [-0.2, 0) is 26.1 Å². The van der Waals surface area contributed by atoms with E-state index in [0.29, 0.717) is 12.5 Å². The fourth-order valence-corrected chi connectivity index (χ4v) is 2.73. The van der Waals surface area contributed by atoms with E-state index in [-0.39, 0.29) is 0 Å². The topological polar surface area (TPSA) is 81.1 Å². The van der Waals surface area contributed by atoms with Gasteiger partial charge in [0.1, 0.15) is 0 Å². The molecule has 5 heteroatoms. The summed E-state index contributed by atoms with van der Waals surface area (Å²) in [6.45, 7) is 3.17. The number of nitrogens with zero attached hydrogens (tertiary/aromatic N) is 3. The van der Waals surface area contributed by atoms with Gasteiger partial charge < -0.3 is 11.5 Å². The zero-order valence-electron chi connectivity index (χ0n) is 11.4. The third-order valence-electron chi connectivity index (χ3n) is 3.69. The Kier molecular flexibility index (Phi) is 3.62. The van der Waals surface area contributed by atoms with Crippen molar-refractivity contribution < 1.29 is 0 Å². The van der Waals surface area contributed by atoms with Crippen molar-refractivity contribution in [3.8, 4) is 0 Å². The fraction of sp³-hybridized carbons (Fsp3) is 0.333. The van der Waals surface area contributed by atoms with E-state index >= 15 is 0 Å². The number of rotatable bonds is 3. The van der Waals surface area contributed by atoms with E-state index < -0.39 is 0 Å². The molecular formula is C15H19N5. The second-order valence-electron chi connectivity index (χ2n) is 5.10. The Bertz CT molecular complexity index is 597. The van der Waals surface area contributed by atoms with Gasteiger partial charge in [0, 0.05) is 26.2 Å². The summed E-state index contributed by atoms with van der Waals surface area (Å²) in [5.41, 5.74) is 15.9. The maximum atomic E-state index is 5.76. The Morgan fingerprint density at radius 2 is 1.95 bits per heavy atom. The molecule has 1 aromatic carbocycles. The summed E-state index contributed by atoms with van der Waals surface area (Å²) in [7, 11) is 0. The maximum Gasteiger partial charge on any atom is 0.220 e. The molecule has 2 aromatic rings. The molecule has 0 saturated heterocycles. The highest BCUT2D eigenvalue weighted by molar-refractivity contribution is 5.33. The van der Waals surface area contributed by atoms with E-state index in [4.69, 9.17) is 11.5 Å². The lowest BCUT2D eigenvalue weighted by atomic mass is 10.0. The highest BCUT2D eigenvalue weighted by atomic mass is 15.1. The largest absolute Gasteiger partial charge is 0.368 e. The van der Waals surface area contributed by atoms with Crippen molar-refractivity contribution >= 4 is 5.95 Å². The molecular weight excluding hydrogens is 250 g/mol. The molecule has 1 aromatic heterocycles. The van der Waals surface area contributed by atoms with Crippen molar-refractivity contribution in [1.29, 1.82) is 0 Å². The van der Waals surface area contributed by atoms with Gasteiger partial charge in [-0.2, -0.15) is 0 Å². The second-order valence-corrected chi connectivity index (χ2v) is 5.10. The lowest BCUT2D eigenvalue weighted by Crippen LogP contribution is -2.32. The van der Waals surface area contributed by atoms with Crippen LogP contribution in [0.25, 0.3) is 0 Å². The quantitative estimate of drug-likeness (QED) is 0.871. The number of benzene rings is 1. The van der Waals surface area contributed by atoms with Crippen LogP contribution in [0.15, 0.2) is 30.3 Å². The normalized spacial score (nSPS) is 15.1. The van der Waals surface area contributed by atoms with Crippen LogP contribution in [0.3, 0.4) is 0 Å². The van der Waals surface area contributed by atoms with Crippen LogP contribution in [0.2, 0.25) is 0 Å². The fourth-order valence-electron chi connectivity index (χ4n) is 2.73. The minimum Gasteiger partial charge on any atom is -0.368 e. The number of nitrogen functional groups attached to an aromatic ring is 1. The standard InChI is InChI=1S/C15H19N5/c16-8-13-12-6-7-20(9-11-4-2-1-3-5-11)10-14(12)19-15(17)18-13/h1-5H,6-10,16H2,(H2,17,18,19). The molecule has 0 aliphatic carbocycles. The monoisotopic (exact) mass is 269 g/mol. The van der Waals surface area contributed by atoms with Crippen molar-refractivity contribution in [3.05, 3.63) is 52.8 Å². The first-order valence-electron chi connectivity index (χ1n) is 6.86. The summed E-state index contributed by atoms with van der Waals surface area (Å²) >= 11 is 0. The third kappa shape index (κ3) is 2.64. The number of hydrogen-bond acceptors (Lipinski definition) is 5. The molecule has 2 heterocycles. The van der Waals surface area contributed by atoms with Gasteiger partial charge in [0.2, 0.25) is 5.95 Å². The highest BCUT2D eigenvalue weighted by Gasteiger charge is 2.21. The number of hydrogen-bond donors (Lipinski definition) is 2. The first-order chi connectivity index (χ1) is 9.76. The average molecular weight is 269 g/mol. The van der Waals surface area contributed by atoms with Crippen LogP contribution in [0, 0.1) is 0 Å².